The van der Waals surface area contributed by atoms with Gasteiger partial charge in [0.1, 0.15) is 11.6 Å². The molecule has 5 nitrogen and oxygen atoms in total. The second-order valence-electron chi connectivity index (χ2n) is 6.04. The molecule has 0 unspecified atom stereocenters. The molecule has 0 atom stereocenters. The highest BCUT2D eigenvalue weighted by molar-refractivity contribution is 5.76. The zero-order chi connectivity index (χ0) is 18.4. The van der Waals surface area contributed by atoms with Crippen LogP contribution >= 0.6 is 0 Å². The van der Waals surface area contributed by atoms with Crippen molar-refractivity contribution in [2.45, 2.75) is 47.1 Å². The van der Waals surface area contributed by atoms with Gasteiger partial charge in [0.2, 0.25) is 5.91 Å². The fourth-order valence-electron chi connectivity index (χ4n) is 2.87. The van der Waals surface area contributed by atoms with Crippen molar-refractivity contribution in [1.29, 1.82) is 0 Å². The number of anilines is 1. The molecule has 1 N–H and O–H groups in total. The minimum absolute atomic E-state index is 0.0757. The quantitative estimate of drug-likeness (QED) is 0.794. The van der Waals surface area contributed by atoms with Gasteiger partial charge in [-0.25, -0.2) is 4.39 Å². The lowest BCUT2D eigenvalue weighted by atomic mass is 10.1. The van der Waals surface area contributed by atoms with E-state index < -0.39 is 0 Å². The van der Waals surface area contributed by atoms with Gasteiger partial charge in [-0.1, -0.05) is 11.2 Å². The average molecular weight is 347 g/mol. The number of hydrogen-bond acceptors (Lipinski definition) is 4. The second kappa shape index (κ2) is 8.65. The summed E-state index contributed by atoms with van der Waals surface area (Å²) in [4.78, 5) is 14.0. The molecule has 0 aliphatic rings. The lowest BCUT2D eigenvalue weighted by Crippen LogP contribution is -2.24. The van der Waals surface area contributed by atoms with E-state index in [1.54, 1.807) is 6.07 Å². The Morgan fingerprint density at radius 1 is 1.28 bits per heavy atom. The topological polar surface area (TPSA) is 58.4 Å². The van der Waals surface area contributed by atoms with Gasteiger partial charge in [-0.05, 0) is 51.8 Å². The lowest BCUT2D eigenvalue weighted by Gasteiger charge is -2.22. The van der Waals surface area contributed by atoms with Gasteiger partial charge in [-0.3, -0.25) is 4.79 Å². The molecule has 6 heteroatoms. The summed E-state index contributed by atoms with van der Waals surface area (Å²) in [6.45, 7) is 9.52. The van der Waals surface area contributed by atoms with Crippen molar-refractivity contribution in [2.24, 2.45) is 0 Å². The number of nitrogens with one attached hydrogen (secondary N) is 1. The molecule has 1 amide bonds. The molecule has 2 rings (SSSR count). The highest BCUT2D eigenvalue weighted by Crippen LogP contribution is 2.20. The summed E-state index contributed by atoms with van der Waals surface area (Å²) in [5.74, 6) is 0.416. The van der Waals surface area contributed by atoms with Gasteiger partial charge in [-0.2, -0.15) is 0 Å². The molecule has 0 aliphatic carbocycles. The molecule has 1 aromatic heterocycles. The van der Waals surface area contributed by atoms with Crippen LogP contribution in [0.5, 0.6) is 0 Å². The number of rotatable bonds is 8. The van der Waals surface area contributed by atoms with Gasteiger partial charge >= 0.3 is 0 Å². The predicted molar refractivity (Wildman–Crippen MR) is 96.1 cm³/mol. The molecule has 136 valence electrons. The number of amides is 1. The number of hydrogen-bond donors (Lipinski definition) is 1. The summed E-state index contributed by atoms with van der Waals surface area (Å²) < 4.78 is 19.3. The second-order valence-corrected chi connectivity index (χ2v) is 6.04. The summed E-state index contributed by atoms with van der Waals surface area (Å²) in [6, 6.07) is 5.11. The maximum atomic E-state index is 14.2. The number of benzene rings is 1. The Hall–Kier alpha value is -2.37. The first kappa shape index (κ1) is 19.0. The average Bonchev–Trinajstić information content (AvgIpc) is 2.92. The van der Waals surface area contributed by atoms with Gasteiger partial charge in [0.25, 0.3) is 0 Å². The van der Waals surface area contributed by atoms with E-state index in [1.165, 1.54) is 6.07 Å². The van der Waals surface area contributed by atoms with Crippen LogP contribution in [0.3, 0.4) is 0 Å². The van der Waals surface area contributed by atoms with Gasteiger partial charge in [0.15, 0.2) is 0 Å². The van der Waals surface area contributed by atoms with E-state index in [-0.39, 0.29) is 11.7 Å². The van der Waals surface area contributed by atoms with Crippen LogP contribution in [-0.2, 0) is 17.8 Å². The summed E-state index contributed by atoms with van der Waals surface area (Å²) >= 11 is 0. The predicted octanol–water partition coefficient (Wildman–Crippen LogP) is 3.53. The molecule has 0 spiro atoms. The number of carbonyl (C=O) groups is 1. The molecule has 0 aliphatic heterocycles. The zero-order valence-corrected chi connectivity index (χ0v) is 15.4. The van der Waals surface area contributed by atoms with Crippen molar-refractivity contribution in [3.63, 3.8) is 0 Å². The van der Waals surface area contributed by atoms with Crippen LogP contribution in [0.1, 0.15) is 42.8 Å². The third-order valence-electron chi connectivity index (χ3n) is 4.39. The Kier molecular flexibility index (Phi) is 6.56. The molecule has 0 saturated heterocycles. The summed E-state index contributed by atoms with van der Waals surface area (Å²) in [5.41, 5.74) is 3.14. The van der Waals surface area contributed by atoms with Gasteiger partial charge < -0.3 is 14.7 Å². The van der Waals surface area contributed by atoms with E-state index in [2.05, 4.69) is 10.5 Å². The Morgan fingerprint density at radius 3 is 2.56 bits per heavy atom. The van der Waals surface area contributed by atoms with Crippen molar-refractivity contribution in [3.05, 3.63) is 46.6 Å². The van der Waals surface area contributed by atoms with Crippen LogP contribution in [0.15, 0.2) is 22.7 Å². The number of aryl methyl sites for hydroxylation is 2. The molecule has 0 saturated carbocycles. The van der Waals surface area contributed by atoms with E-state index in [4.69, 9.17) is 4.52 Å². The van der Waals surface area contributed by atoms with Gasteiger partial charge in [0, 0.05) is 31.6 Å². The molecule has 0 radical (unpaired) electrons. The Bertz CT molecular complexity index is 704. The first-order chi connectivity index (χ1) is 12.0. The largest absolute Gasteiger partial charge is 0.370 e. The van der Waals surface area contributed by atoms with Crippen molar-refractivity contribution in [2.75, 3.05) is 18.0 Å². The normalized spacial score (nSPS) is 10.8. The van der Waals surface area contributed by atoms with Crippen LogP contribution in [0.2, 0.25) is 0 Å². The minimum atomic E-state index is -0.258. The van der Waals surface area contributed by atoms with E-state index in [1.807, 2.05) is 38.7 Å². The van der Waals surface area contributed by atoms with Gasteiger partial charge in [-0.15, -0.1) is 0 Å². The first-order valence-corrected chi connectivity index (χ1v) is 8.68. The van der Waals surface area contributed by atoms with Crippen molar-refractivity contribution >= 4 is 11.6 Å². The Balaban J connectivity index is 1.88. The molecular formula is C19H26FN3O2. The Morgan fingerprint density at radius 2 is 2.00 bits per heavy atom. The van der Waals surface area contributed by atoms with Gasteiger partial charge in [0.05, 0.1) is 11.4 Å². The SMILES string of the molecule is CCN(CC)c1ccc(CNC(=O)CCc2c(C)noc2C)cc1F. The molecule has 25 heavy (non-hydrogen) atoms. The summed E-state index contributed by atoms with van der Waals surface area (Å²) in [6.07, 6.45) is 0.936. The molecule has 1 aromatic carbocycles. The summed E-state index contributed by atoms with van der Waals surface area (Å²) in [7, 11) is 0. The van der Waals surface area contributed by atoms with E-state index in [0.717, 1.165) is 35.7 Å². The maximum Gasteiger partial charge on any atom is 0.220 e. The van der Waals surface area contributed by atoms with Crippen molar-refractivity contribution < 1.29 is 13.7 Å². The number of carbonyl (C=O) groups excluding carboxylic acids is 1. The number of nitrogens with zero attached hydrogens (tertiary/aromatic N) is 2. The van der Waals surface area contributed by atoms with E-state index in [9.17, 15) is 9.18 Å². The number of aromatic nitrogens is 1. The molecular weight excluding hydrogens is 321 g/mol. The standard InChI is InChI=1S/C19H26FN3O2/c1-5-23(6-2)18-9-7-15(11-17(18)20)12-21-19(24)10-8-16-13(3)22-25-14(16)4/h7,9,11H,5-6,8,10,12H2,1-4H3,(H,21,24). The highest BCUT2D eigenvalue weighted by atomic mass is 19.1. The highest BCUT2D eigenvalue weighted by Gasteiger charge is 2.12. The fourth-order valence-corrected chi connectivity index (χ4v) is 2.87. The van der Waals surface area contributed by atoms with Crippen LogP contribution in [-0.4, -0.2) is 24.2 Å². The van der Waals surface area contributed by atoms with Crippen molar-refractivity contribution in [3.8, 4) is 0 Å². The Labute approximate surface area is 148 Å². The molecule has 2 aromatic rings. The van der Waals surface area contributed by atoms with Crippen LogP contribution in [0, 0.1) is 19.7 Å². The minimum Gasteiger partial charge on any atom is -0.370 e. The third kappa shape index (κ3) is 4.81. The molecule has 1 heterocycles. The fraction of sp³-hybridized carbons (Fsp3) is 0.474. The third-order valence-corrected chi connectivity index (χ3v) is 4.39. The zero-order valence-electron chi connectivity index (χ0n) is 15.4. The van der Waals surface area contributed by atoms with E-state index in [0.29, 0.717) is 25.1 Å². The smallest absolute Gasteiger partial charge is 0.220 e. The molecule has 0 bridgehead atoms. The summed E-state index contributed by atoms with van der Waals surface area (Å²) in [5, 5.41) is 6.72. The van der Waals surface area contributed by atoms with Crippen LogP contribution in [0.25, 0.3) is 0 Å². The lowest BCUT2D eigenvalue weighted by molar-refractivity contribution is -0.121. The van der Waals surface area contributed by atoms with Crippen LogP contribution in [0.4, 0.5) is 10.1 Å². The monoisotopic (exact) mass is 347 g/mol. The first-order valence-electron chi connectivity index (χ1n) is 8.68. The van der Waals surface area contributed by atoms with Crippen LogP contribution < -0.4 is 10.2 Å². The molecule has 0 fully saturated rings. The number of halogens is 1. The maximum absolute atomic E-state index is 14.2. The van der Waals surface area contributed by atoms with E-state index >= 15 is 0 Å². The van der Waals surface area contributed by atoms with Crippen molar-refractivity contribution in [1.82, 2.24) is 10.5 Å².